The van der Waals surface area contributed by atoms with Crippen LogP contribution in [-0.4, -0.2) is 62.9 Å². The third-order valence-electron chi connectivity index (χ3n) is 5.86. The number of fused-ring (bicyclic) bond motifs is 1. The van der Waals surface area contributed by atoms with Gasteiger partial charge in [0.25, 0.3) is 0 Å². The second kappa shape index (κ2) is 5.81. The van der Waals surface area contributed by atoms with Gasteiger partial charge in [0.05, 0.1) is 6.54 Å². The molecule has 128 valence electrons. The number of amides is 1. The fraction of sp³-hybridized carbons (Fsp3) is 0.647. The Morgan fingerprint density at radius 2 is 1.96 bits per heavy atom. The van der Waals surface area contributed by atoms with E-state index in [9.17, 15) is 14.7 Å². The van der Waals surface area contributed by atoms with E-state index in [4.69, 9.17) is 0 Å². The molecule has 2 aliphatic heterocycles. The third kappa shape index (κ3) is 2.47. The van der Waals surface area contributed by atoms with Crippen LogP contribution in [0.5, 0.6) is 0 Å². The average Bonchev–Trinajstić information content (AvgIpc) is 3.01. The molecule has 1 amide bonds. The lowest BCUT2D eigenvalue weighted by Gasteiger charge is -2.31. The summed E-state index contributed by atoms with van der Waals surface area (Å²) in [4.78, 5) is 36.9. The summed E-state index contributed by atoms with van der Waals surface area (Å²) in [5.74, 6) is 0.203. The van der Waals surface area contributed by atoms with Gasteiger partial charge in [0.1, 0.15) is 11.2 Å². The summed E-state index contributed by atoms with van der Waals surface area (Å²) < 4.78 is 0. The van der Waals surface area contributed by atoms with E-state index in [-0.39, 0.29) is 17.7 Å². The van der Waals surface area contributed by atoms with Gasteiger partial charge in [-0.25, -0.2) is 9.97 Å². The van der Waals surface area contributed by atoms with Crippen LogP contribution >= 0.6 is 0 Å². The number of rotatable bonds is 4. The molecule has 0 unspecified atom stereocenters. The van der Waals surface area contributed by atoms with E-state index in [1.807, 2.05) is 0 Å². The number of carboxylic acids is 1. The van der Waals surface area contributed by atoms with E-state index in [0.29, 0.717) is 38.5 Å². The molecule has 1 aliphatic carbocycles. The van der Waals surface area contributed by atoms with Gasteiger partial charge in [-0.2, -0.15) is 0 Å². The minimum Gasteiger partial charge on any atom is -0.481 e. The van der Waals surface area contributed by atoms with E-state index in [2.05, 4.69) is 14.9 Å². The van der Waals surface area contributed by atoms with E-state index in [1.165, 1.54) is 0 Å². The van der Waals surface area contributed by atoms with Gasteiger partial charge in [-0.15, -0.1) is 0 Å². The minimum absolute atomic E-state index is 0.0114. The number of aromatic nitrogens is 2. The van der Waals surface area contributed by atoms with Crippen LogP contribution in [0.15, 0.2) is 18.5 Å². The Bertz CT molecular complexity index is 648. The smallest absolute Gasteiger partial charge is 0.313 e. The zero-order valence-corrected chi connectivity index (χ0v) is 13.6. The van der Waals surface area contributed by atoms with Gasteiger partial charge in [0.2, 0.25) is 5.91 Å². The molecule has 1 N–H and O–H groups in total. The first-order chi connectivity index (χ1) is 11.6. The number of aliphatic carboxylic acids is 1. The van der Waals surface area contributed by atoms with Crippen molar-refractivity contribution in [1.29, 1.82) is 0 Å². The first-order valence-electron chi connectivity index (χ1n) is 8.59. The van der Waals surface area contributed by atoms with Crippen LogP contribution in [-0.2, 0) is 16.1 Å². The molecule has 0 spiro atoms. The Morgan fingerprint density at radius 1 is 1.21 bits per heavy atom. The quantitative estimate of drug-likeness (QED) is 0.871. The predicted molar refractivity (Wildman–Crippen MR) is 84.8 cm³/mol. The number of hydrogen-bond acceptors (Lipinski definition) is 5. The topological polar surface area (TPSA) is 86.6 Å². The first-order valence-corrected chi connectivity index (χ1v) is 8.59. The molecule has 3 heterocycles. The van der Waals surface area contributed by atoms with Gasteiger partial charge in [0.15, 0.2) is 0 Å². The van der Waals surface area contributed by atoms with Crippen molar-refractivity contribution in [1.82, 2.24) is 19.8 Å². The molecule has 1 aromatic rings. The highest BCUT2D eigenvalue weighted by molar-refractivity contribution is 5.83. The molecule has 3 fully saturated rings. The van der Waals surface area contributed by atoms with Crippen molar-refractivity contribution < 1.29 is 14.7 Å². The van der Waals surface area contributed by atoms with Crippen LogP contribution in [0.4, 0.5) is 0 Å². The van der Waals surface area contributed by atoms with Crippen molar-refractivity contribution in [2.45, 2.75) is 25.8 Å². The van der Waals surface area contributed by atoms with Crippen LogP contribution in [0.2, 0.25) is 0 Å². The summed E-state index contributed by atoms with van der Waals surface area (Å²) in [5.41, 5.74) is -0.839. The highest BCUT2D eigenvalue weighted by atomic mass is 16.4. The molecule has 2 atom stereocenters. The number of carbonyl (C=O) groups excluding carboxylic acids is 1. The molecule has 1 aromatic heterocycles. The standard InChI is InChI=1S/C17H22N4O3/c22-15(12-3-1-4-12)21-8-13-7-20(9-14-18-5-2-6-19-14)10-17(13,11-21)16(23)24/h2,5-6,12-13H,1,3-4,7-11H2,(H,23,24)/t13-,17-/m1/s1. The average molecular weight is 330 g/mol. The summed E-state index contributed by atoms with van der Waals surface area (Å²) in [6.07, 6.45) is 6.42. The molecule has 3 aliphatic rings. The third-order valence-corrected chi connectivity index (χ3v) is 5.86. The number of carboxylic acid groups (broad SMARTS) is 1. The lowest BCUT2D eigenvalue weighted by atomic mass is 9.81. The molecule has 24 heavy (non-hydrogen) atoms. The maximum atomic E-state index is 12.5. The van der Waals surface area contributed by atoms with Crippen LogP contribution in [0.25, 0.3) is 0 Å². The number of carbonyl (C=O) groups is 2. The summed E-state index contributed by atoms with van der Waals surface area (Å²) in [7, 11) is 0. The van der Waals surface area contributed by atoms with Crippen molar-refractivity contribution in [2.75, 3.05) is 26.2 Å². The molecule has 0 radical (unpaired) electrons. The monoisotopic (exact) mass is 330 g/mol. The van der Waals surface area contributed by atoms with Crippen LogP contribution in [0, 0.1) is 17.3 Å². The fourth-order valence-electron chi connectivity index (χ4n) is 4.29. The van der Waals surface area contributed by atoms with Gasteiger partial charge in [-0.05, 0) is 18.9 Å². The lowest BCUT2D eigenvalue weighted by Crippen LogP contribution is -2.44. The van der Waals surface area contributed by atoms with Crippen molar-refractivity contribution in [2.24, 2.45) is 17.3 Å². The van der Waals surface area contributed by atoms with E-state index in [1.54, 1.807) is 23.4 Å². The van der Waals surface area contributed by atoms with Gasteiger partial charge < -0.3 is 10.0 Å². The number of nitrogens with zero attached hydrogens (tertiary/aromatic N) is 4. The van der Waals surface area contributed by atoms with Crippen LogP contribution in [0.1, 0.15) is 25.1 Å². The normalized spacial score (nSPS) is 30.2. The Hall–Kier alpha value is -2.02. The summed E-state index contributed by atoms with van der Waals surface area (Å²) in [6, 6.07) is 1.77. The molecule has 7 nitrogen and oxygen atoms in total. The van der Waals surface area contributed by atoms with Crippen molar-refractivity contribution >= 4 is 11.9 Å². The Morgan fingerprint density at radius 3 is 2.54 bits per heavy atom. The largest absolute Gasteiger partial charge is 0.481 e. The van der Waals surface area contributed by atoms with Crippen molar-refractivity contribution in [3.05, 3.63) is 24.3 Å². The van der Waals surface area contributed by atoms with Crippen LogP contribution < -0.4 is 0 Å². The second-order valence-corrected chi connectivity index (χ2v) is 7.34. The van der Waals surface area contributed by atoms with Gasteiger partial charge >= 0.3 is 5.97 Å². The van der Waals surface area contributed by atoms with Crippen LogP contribution in [0.3, 0.4) is 0 Å². The minimum atomic E-state index is -0.839. The second-order valence-electron chi connectivity index (χ2n) is 7.34. The zero-order valence-electron chi connectivity index (χ0n) is 13.6. The summed E-state index contributed by atoms with van der Waals surface area (Å²) >= 11 is 0. The molecular formula is C17H22N4O3. The predicted octanol–water partition coefficient (Wildman–Crippen LogP) is 0.622. The highest BCUT2D eigenvalue weighted by Crippen LogP contribution is 2.44. The van der Waals surface area contributed by atoms with Gasteiger partial charge in [-0.1, -0.05) is 6.42 Å². The Balaban J connectivity index is 1.47. The lowest BCUT2D eigenvalue weighted by molar-refractivity contribution is -0.149. The molecule has 0 aromatic carbocycles. The summed E-state index contributed by atoms with van der Waals surface area (Å²) in [6.45, 7) is 2.60. The zero-order chi connectivity index (χ0) is 16.7. The van der Waals surface area contributed by atoms with E-state index in [0.717, 1.165) is 19.3 Å². The molecule has 4 rings (SSSR count). The number of hydrogen-bond donors (Lipinski definition) is 1. The number of likely N-dealkylation sites (tertiary alicyclic amines) is 2. The molecule has 7 heteroatoms. The SMILES string of the molecule is O=C(C1CCC1)N1C[C@H]2CN(Cc3ncccn3)C[C@@]2(C(=O)O)C1. The van der Waals surface area contributed by atoms with Crippen molar-refractivity contribution in [3.63, 3.8) is 0 Å². The maximum absolute atomic E-state index is 12.5. The maximum Gasteiger partial charge on any atom is 0.313 e. The van der Waals surface area contributed by atoms with E-state index >= 15 is 0 Å². The Kier molecular flexibility index (Phi) is 3.75. The molecular weight excluding hydrogens is 308 g/mol. The molecule has 2 saturated heterocycles. The summed E-state index contributed by atoms with van der Waals surface area (Å²) in [5, 5.41) is 9.87. The highest BCUT2D eigenvalue weighted by Gasteiger charge is 2.58. The Labute approximate surface area is 140 Å². The van der Waals surface area contributed by atoms with Gasteiger partial charge in [0, 0.05) is 50.4 Å². The van der Waals surface area contributed by atoms with Crippen molar-refractivity contribution in [3.8, 4) is 0 Å². The fourth-order valence-corrected chi connectivity index (χ4v) is 4.29. The van der Waals surface area contributed by atoms with Gasteiger partial charge in [-0.3, -0.25) is 14.5 Å². The first kappa shape index (κ1) is 15.5. The molecule has 0 bridgehead atoms. The van der Waals surface area contributed by atoms with E-state index < -0.39 is 11.4 Å². The molecule has 1 saturated carbocycles.